The average Bonchev–Trinajstić information content (AvgIpc) is 2.11. The van der Waals surface area contributed by atoms with Crippen molar-refractivity contribution in [2.24, 2.45) is 5.41 Å². The zero-order valence-electron chi connectivity index (χ0n) is 9.62. The third-order valence-electron chi connectivity index (χ3n) is 2.25. The van der Waals surface area contributed by atoms with Gasteiger partial charge < -0.3 is 20.3 Å². The van der Waals surface area contributed by atoms with Crippen LogP contribution >= 0.6 is 0 Å². The van der Waals surface area contributed by atoms with Crippen LogP contribution in [-0.2, 0) is 9.53 Å². The van der Waals surface area contributed by atoms with Crippen molar-refractivity contribution >= 4 is 5.97 Å². The molecule has 0 radical (unpaired) electrons. The van der Waals surface area contributed by atoms with Gasteiger partial charge in [0.2, 0.25) is 0 Å². The minimum absolute atomic E-state index is 0.108. The summed E-state index contributed by atoms with van der Waals surface area (Å²) in [6, 6.07) is -0.687. The molecule has 0 heterocycles. The van der Waals surface area contributed by atoms with E-state index in [2.05, 4.69) is 5.32 Å². The molecule has 5 heteroatoms. The van der Waals surface area contributed by atoms with Crippen LogP contribution in [0.3, 0.4) is 0 Å². The molecule has 3 N–H and O–H groups in total. The van der Waals surface area contributed by atoms with Crippen molar-refractivity contribution in [1.29, 1.82) is 0 Å². The molecule has 1 atom stereocenters. The number of aliphatic hydroxyl groups is 1. The zero-order chi connectivity index (χ0) is 11.9. The summed E-state index contributed by atoms with van der Waals surface area (Å²) >= 11 is 0. The number of aliphatic hydroxyl groups excluding tert-OH is 1. The molecule has 0 saturated carbocycles. The Morgan fingerprint density at radius 3 is 2.53 bits per heavy atom. The first-order valence-electron chi connectivity index (χ1n) is 4.99. The fourth-order valence-corrected chi connectivity index (χ4v) is 1.17. The van der Waals surface area contributed by atoms with E-state index in [1.165, 1.54) is 7.11 Å². The van der Waals surface area contributed by atoms with E-state index in [-0.39, 0.29) is 18.6 Å². The van der Waals surface area contributed by atoms with Crippen LogP contribution in [0.1, 0.15) is 20.3 Å². The molecule has 0 amide bonds. The van der Waals surface area contributed by atoms with Gasteiger partial charge in [0.25, 0.3) is 0 Å². The Hall–Kier alpha value is -0.650. The van der Waals surface area contributed by atoms with Gasteiger partial charge in [0, 0.05) is 20.3 Å². The number of aliphatic carboxylic acids is 1. The molecule has 0 aliphatic heterocycles. The SMILES string of the molecule is COCC(NCC(C)(C)CCO)C(=O)O. The van der Waals surface area contributed by atoms with Gasteiger partial charge in [-0.1, -0.05) is 13.8 Å². The molecule has 0 aromatic rings. The second-order valence-electron chi connectivity index (χ2n) is 4.36. The van der Waals surface area contributed by atoms with Crippen molar-refractivity contribution in [1.82, 2.24) is 5.32 Å². The molecule has 0 spiro atoms. The van der Waals surface area contributed by atoms with E-state index in [4.69, 9.17) is 14.9 Å². The first kappa shape index (κ1) is 14.3. The van der Waals surface area contributed by atoms with Crippen molar-refractivity contribution < 1.29 is 19.7 Å². The van der Waals surface area contributed by atoms with E-state index >= 15 is 0 Å². The number of carboxylic acid groups (broad SMARTS) is 1. The third kappa shape index (κ3) is 6.43. The number of hydrogen-bond donors (Lipinski definition) is 3. The van der Waals surface area contributed by atoms with Crippen LogP contribution in [0.5, 0.6) is 0 Å². The summed E-state index contributed by atoms with van der Waals surface area (Å²) in [7, 11) is 1.47. The summed E-state index contributed by atoms with van der Waals surface area (Å²) < 4.78 is 4.80. The Morgan fingerprint density at radius 2 is 2.13 bits per heavy atom. The lowest BCUT2D eigenvalue weighted by Crippen LogP contribution is -2.44. The fraction of sp³-hybridized carbons (Fsp3) is 0.900. The molecule has 0 fully saturated rings. The molecule has 0 saturated heterocycles. The number of hydrogen-bond acceptors (Lipinski definition) is 4. The Bertz CT molecular complexity index is 194. The van der Waals surface area contributed by atoms with Crippen molar-refractivity contribution in [2.75, 3.05) is 26.9 Å². The van der Waals surface area contributed by atoms with Gasteiger partial charge >= 0.3 is 5.97 Å². The van der Waals surface area contributed by atoms with E-state index in [0.717, 1.165) is 0 Å². The van der Waals surface area contributed by atoms with Gasteiger partial charge in [-0.15, -0.1) is 0 Å². The van der Waals surface area contributed by atoms with E-state index in [0.29, 0.717) is 13.0 Å². The number of methoxy groups -OCH3 is 1. The fourth-order valence-electron chi connectivity index (χ4n) is 1.17. The van der Waals surface area contributed by atoms with Gasteiger partial charge in [0.1, 0.15) is 6.04 Å². The van der Waals surface area contributed by atoms with Gasteiger partial charge in [0.05, 0.1) is 6.61 Å². The van der Waals surface area contributed by atoms with Crippen molar-refractivity contribution in [3.05, 3.63) is 0 Å². The van der Waals surface area contributed by atoms with Crippen LogP contribution in [0.4, 0.5) is 0 Å². The maximum absolute atomic E-state index is 10.8. The van der Waals surface area contributed by atoms with E-state index < -0.39 is 12.0 Å². The highest BCUT2D eigenvalue weighted by molar-refractivity contribution is 5.73. The molecule has 0 aromatic carbocycles. The van der Waals surface area contributed by atoms with Gasteiger partial charge in [-0.25, -0.2) is 0 Å². The Kier molecular flexibility index (Phi) is 6.47. The topological polar surface area (TPSA) is 78.8 Å². The third-order valence-corrected chi connectivity index (χ3v) is 2.25. The standard InChI is InChI=1S/C10H21NO4/c1-10(2,4-5-12)7-11-8(6-15-3)9(13)14/h8,11-12H,4-7H2,1-3H3,(H,13,14). The molecule has 1 unspecified atom stereocenters. The number of nitrogens with one attached hydrogen (secondary N) is 1. The largest absolute Gasteiger partial charge is 0.480 e. The summed E-state index contributed by atoms with van der Waals surface area (Å²) in [6.45, 7) is 4.74. The minimum Gasteiger partial charge on any atom is -0.480 e. The minimum atomic E-state index is -0.920. The predicted octanol–water partition coefficient (Wildman–Crippen LogP) is 0.0842. The van der Waals surface area contributed by atoms with Crippen LogP contribution in [-0.4, -0.2) is 49.1 Å². The Morgan fingerprint density at radius 1 is 1.53 bits per heavy atom. The van der Waals surface area contributed by atoms with E-state index in [1.54, 1.807) is 0 Å². The molecule has 0 aliphatic carbocycles. The summed E-state index contributed by atoms with van der Waals surface area (Å²) in [5, 5.41) is 20.6. The van der Waals surface area contributed by atoms with Crippen LogP contribution < -0.4 is 5.32 Å². The van der Waals surface area contributed by atoms with Gasteiger partial charge in [-0.05, 0) is 11.8 Å². The molecule has 0 rings (SSSR count). The van der Waals surface area contributed by atoms with Crippen LogP contribution in [0.15, 0.2) is 0 Å². The number of ether oxygens (including phenoxy) is 1. The van der Waals surface area contributed by atoms with Crippen LogP contribution in [0.2, 0.25) is 0 Å². The lowest BCUT2D eigenvalue weighted by molar-refractivity contribution is -0.141. The van der Waals surface area contributed by atoms with Gasteiger partial charge in [-0.2, -0.15) is 0 Å². The molecule has 90 valence electrons. The molecule has 0 aromatic heterocycles. The molecule has 0 bridgehead atoms. The smallest absolute Gasteiger partial charge is 0.323 e. The highest BCUT2D eigenvalue weighted by Crippen LogP contribution is 2.18. The number of carbonyl (C=O) groups is 1. The Labute approximate surface area is 90.4 Å². The monoisotopic (exact) mass is 219 g/mol. The number of carboxylic acids is 1. The molecule has 15 heavy (non-hydrogen) atoms. The molecular weight excluding hydrogens is 198 g/mol. The van der Waals surface area contributed by atoms with Gasteiger partial charge in [-0.3, -0.25) is 4.79 Å². The first-order valence-corrected chi connectivity index (χ1v) is 4.99. The highest BCUT2D eigenvalue weighted by Gasteiger charge is 2.22. The molecule has 0 aliphatic rings. The average molecular weight is 219 g/mol. The summed E-state index contributed by atoms with van der Waals surface area (Å²) in [4.78, 5) is 10.8. The van der Waals surface area contributed by atoms with E-state index in [1.807, 2.05) is 13.8 Å². The highest BCUT2D eigenvalue weighted by atomic mass is 16.5. The van der Waals surface area contributed by atoms with Crippen LogP contribution in [0.25, 0.3) is 0 Å². The van der Waals surface area contributed by atoms with E-state index in [9.17, 15) is 4.79 Å². The quantitative estimate of drug-likeness (QED) is 0.539. The normalized spacial score (nSPS) is 13.9. The second-order valence-corrected chi connectivity index (χ2v) is 4.36. The van der Waals surface area contributed by atoms with Crippen LogP contribution in [0, 0.1) is 5.41 Å². The molecule has 5 nitrogen and oxygen atoms in total. The lowest BCUT2D eigenvalue weighted by Gasteiger charge is -2.26. The zero-order valence-corrected chi connectivity index (χ0v) is 9.62. The second kappa shape index (κ2) is 6.76. The predicted molar refractivity (Wildman–Crippen MR) is 56.8 cm³/mol. The maximum Gasteiger partial charge on any atom is 0.323 e. The summed E-state index contributed by atoms with van der Waals surface area (Å²) in [5.74, 6) is -0.920. The van der Waals surface area contributed by atoms with Crippen molar-refractivity contribution in [3.63, 3.8) is 0 Å². The Balaban J connectivity index is 4.03. The summed E-state index contributed by atoms with van der Waals surface area (Å²) in [5.41, 5.74) is -0.115. The number of rotatable bonds is 8. The molecular formula is C10H21NO4. The first-order chi connectivity index (χ1) is 6.93. The maximum atomic E-state index is 10.8. The van der Waals surface area contributed by atoms with Gasteiger partial charge in [0.15, 0.2) is 0 Å². The lowest BCUT2D eigenvalue weighted by atomic mass is 9.89. The van der Waals surface area contributed by atoms with Crippen molar-refractivity contribution in [2.45, 2.75) is 26.3 Å². The van der Waals surface area contributed by atoms with Crippen molar-refractivity contribution in [3.8, 4) is 0 Å². The summed E-state index contributed by atoms with van der Waals surface area (Å²) in [6.07, 6.45) is 0.638.